The summed E-state index contributed by atoms with van der Waals surface area (Å²) in [6.07, 6.45) is 2.18. The van der Waals surface area contributed by atoms with Crippen LogP contribution in [0.4, 0.5) is 5.69 Å². The van der Waals surface area contributed by atoms with Crippen LogP contribution in [0.5, 0.6) is 0 Å². The van der Waals surface area contributed by atoms with Gasteiger partial charge >= 0.3 is 0 Å². The lowest BCUT2D eigenvalue weighted by Gasteiger charge is -2.14. The molecule has 0 bridgehead atoms. The zero-order valence-corrected chi connectivity index (χ0v) is 10.4. The third kappa shape index (κ3) is 2.37. The van der Waals surface area contributed by atoms with Crippen LogP contribution in [-0.2, 0) is 0 Å². The molecule has 1 aromatic carbocycles. The highest BCUT2D eigenvalue weighted by molar-refractivity contribution is 9.10. The van der Waals surface area contributed by atoms with E-state index in [1.165, 1.54) is 0 Å². The SMILES string of the molecule is N#Cc1ccc(NCC2(CO)CC2)cc1Br. The highest BCUT2D eigenvalue weighted by Crippen LogP contribution is 2.44. The molecular weight excluding hydrogens is 268 g/mol. The van der Waals surface area contributed by atoms with E-state index in [9.17, 15) is 5.11 Å². The Hall–Kier alpha value is -1.05. The maximum Gasteiger partial charge on any atom is 0.100 e. The van der Waals surface area contributed by atoms with Crippen LogP contribution in [0.3, 0.4) is 0 Å². The first-order valence-electron chi connectivity index (χ1n) is 5.23. The van der Waals surface area contributed by atoms with Crippen LogP contribution in [-0.4, -0.2) is 18.3 Å². The van der Waals surface area contributed by atoms with Crippen molar-refractivity contribution in [3.63, 3.8) is 0 Å². The second-order valence-corrected chi connectivity index (χ2v) is 5.17. The number of nitrogens with zero attached hydrogens (tertiary/aromatic N) is 1. The summed E-state index contributed by atoms with van der Waals surface area (Å²) in [6.45, 7) is 1.04. The number of rotatable bonds is 4. The van der Waals surface area contributed by atoms with Gasteiger partial charge in [0.2, 0.25) is 0 Å². The van der Waals surface area contributed by atoms with Gasteiger partial charge in [-0.15, -0.1) is 0 Å². The topological polar surface area (TPSA) is 56.0 Å². The molecule has 0 atom stereocenters. The smallest absolute Gasteiger partial charge is 0.100 e. The van der Waals surface area contributed by atoms with E-state index < -0.39 is 0 Å². The molecule has 1 saturated carbocycles. The number of aliphatic hydroxyl groups excluding tert-OH is 1. The fourth-order valence-electron chi connectivity index (χ4n) is 1.57. The van der Waals surface area contributed by atoms with Crippen molar-refractivity contribution in [2.75, 3.05) is 18.5 Å². The molecular formula is C12H13BrN2O. The average Bonchev–Trinajstić information content (AvgIpc) is 3.07. The molecule has 0 unspecified atom stereocenters. The third-order valence-electron chi connectivity index (χ3n) is 3.05. The van der Waals surface area contributed by atoms with Crippen LogP contribution >= 0.6 is 15.9 Å². The quantitative estimate of drug-likeness (QED) is 0.891. The second kappa shape index (κ2) is 4.44. The number of nitriles is 1. The van der Waals surface area contributed by atoms with Crippen LogP contribution in [0.15, 0.2) is 22.7 Å². The molecule has 84 valence electrons. The summed E-state index contributed by atoms with van der Waals surface area (Å²) in [5.41, 5.74) is 1.71. The van der Waals surface area contributed by atoms with Gasteiger partial charge in [-0.2, -0.15) is 5.26 Å². The minimum Gasteiger partial charge on any atom is -0.396 e. The lowest BCUT2D eigenvalue weighted by Crippen LogP contribution is -2.18. The molecule has 16 heavy (non-hydrogen) atoms. The average molecular weight is 281 g/mol. The van der Waals surface area contributed by atoms with Gasteiger partial charge in [-0.25, -0.2) is 0 Å². The van der Waals surface area contributed by atoms with E-state index in [0.29, 0.717) is 5.56 Å². The molecule has 1 aliphatic rings. The molecule has 1 aromatic rings. The summed E-state index contributed by atoms with van der Waals surface area (Å²) in [4.78, 5) is 0. The maximum absolute atomic E-state index is 9.18. The van der Waals surface area contributed by atoms with Crippen LogP contribution in [0.1, 0.15) is 18.4 Å². The van der Waals surface area contributed by atoms with Gasteiger partial charge in [0.1, 0.15) is 6.07 Å². The summed E-state index contributed by atoms with van der Waals surface area (Å²) in [5, 5.41) is 21.3. The zero-order valence-electron chi connectivity index (χ0n) is 8.83. The molecule has 0 spiro atoms. The van der Waals surface area contributed by atoms with Crippen LogP contribution < -0.4 is 5.32 Å². The summed E-state index contributed by atoms with van der Waals surface area (Å²) >= 11 is 3.35. The van der Waals surface area contributed by atoms with Gasteiger partial charge in [0.15, 0.2) is 0 Å². The summed E-state index contributed by atoms with van der Waals surface area (Å²) in [7, 11) is 0. The predicted molar refractivity (Wildman–Crippen MR) is 66.1 cm³/mol. The molecule has 0 saturated heterocycles. The van der Waals surface area contributed by atoms with E-state index in [4.69, 9.17) is 5.26 Å². The van der Waals surface area contributed by atoms with Crippen molar-refractivity contribution in [1.82, 2.24) is 0 Å². The lowest BCUT2D eigenvalue weighted by molar-refractivity contribution is 0.220. The Bertz CT molecular complexity index is 435. The first-order chi connectivity index (χ1) is 7.69. The lowest BCUT2D eigenvalue weighted by atomic mass is 10.1. The minimum absolute atomic E-state index is 0.0976. The van der Waals surface area contributed by atoms with E-state index in [1.54, 1.807) is 6.07 Å². The van der Waals surface area contributed by atoms with E-state index >= 15 is 0 Å². The molecule has 0 aliphatic heterocycles. The molecule has 2 rings (SSSR count). The standard InChI is InChI=1S/C12H13BrN2O/c13-11-5-10(2-1-9(11)6-14)15-7-12(8-16)3-4-12/h1-2,5,15-16H,3-4,7-8H2. The Morgan fingerprint density at radius 1 is 1.50 bits per heavy atom. The summed E-state index contributed by atoms with van der Waals surface area (Å²) < 4.78 is 0.800. The van der Waals surface area contributed by atoms with Crippen LogP contribution in [0.25, 0.3) is 0 Å². The van der Waals surface area contributed by atoms with Gasteiger partial charge in [-0.05, 0) is 47.0 Å². The molecule has 1 fully saturated rings. The van der Waals surface area contributed by atoms with Crippen molar-refractivity contribution in [3.05, 3.63) is 28.2 Å². The molecule has 3 nitrogen and oxygen atoms in total. The Kier molecular flexibility index (Phi) is 3.17. The van der Waals surface area contributed by atoms with E-state index in [-0.39, 0.29) is 12.0 Å². The van der Waals surface area contributed by atoms with Crippen molar-refractivity contribution in [2.45, 2.75) is 12.8 Å². The molecule has 0 aromatic heterocycles. The maximum atomic E-state index is 9.18. The summed E-state index contributed by atoms with van der Waals surface area (Å²) in [5.74, 6) is 0. The van der Waals surface area contributed by atoms with E-state index in [0.717, 1.165) is 29.5 Å². The number of hydrogen-bond acceptors (Lipinski definition) is 3. The number of anilines is 1. The first-order valence-corrected chi connectivity index (χ1v) is 6.03. The highest BCUT2D eigenvalue weighted by Gasteiger charge is 2.41. The van der Waals surface area contributed by atoms with Gasteiger partial charge in [0.05, 0.1) is 12.2 Å². The monoisotopic (exact) mass is 280 g/mol. The normalized spacial score (nSPS) is 16.6. The second-order valence-electron chi connectivity index (χ2n) is 4.32. The van der Waals surface area contributed by atoms with Crippen LogP contribution in [0.2, 0.25) is 0 Å². The Labute approximate surface area is 103 Å². The molecule has 0 heterocycles. The van der Waals surface area contributed by atoms with Gasteiger partial charge in [0, 0.05) is 22.1 Å². The zero-order chi connectivity index (χ0) is 11.6. The number of benzene rings is 1. The molecule has 2 N–H and O–H groups in total. The Balaban J connectivity index is 2.00. The molecule has 0 amide bonds. The number of halogens is 1. The molecule has 4 heteroatoms. The first kappa shape index (κ1) is 11.4. The highest BCUT2D eigenvalue weighted by atomic mass is 79.9. The Morgan fingerprint density at radius 3 is 2.75 bits per heavy atom. The van der Waals surface area contributed by atoms with Crippen molar-refractivity contribution in [3.8, 4) is 6.07 Å². The fraction of sp³-hybridized carbons (Fsp3) is 0.417. The molecule has 0 radical (unpaired) electrons. The van der Waals surface area contributed by atoms with Crippen molar-refractivity contribution in [2.24, 2.45) is 5.41 Å². The van der Waals surface area contributed by atoms with Gasteiger partial charge in [-0.1, -0.05) is 0 Å². The predicted octanol–water partition coefficient (Wildman–Crippen LogP) is 2.51. The van der Waals surface area contributed by atoms with Gasteiger partial charge < -0.3 is 10.4 Å². The number of hydrogen-bond donors (Lipinski definition) is 2. The van der Waals surface area contributed by atoms with Gasteiger partial charge in [0.25, 0.3) is 0 Å². The number of aliphatic hydroxyl groups is 1. The largest absolute Gasteiger partial charge is 0.396 e. The minimum atomic E-state index is 0.0976. The van der Waals surface area contributed by atoms with Crippen LogP contribution in [0, 0.1) is 16.7 Å². The van der Waals surface area contributed by atoms with Crippen molar-refractivity contribution < 1.29 is 5.11 Å². The van der Waals surface area contributed by atoms with E-state index in [1.807, 2.05) is 12.1 Å². The van der Waals surface area contributed by atoms with Gasteiger partial charge in [-0.3, -0.25) is 0 Å². The Morgan fingerprint density at radius 2 is 2.25 bits per heavy atom. The fourth-order valence-corrected chi connectivity index (χ4v) is 2.04. The number of nitrogens with one attached hydrogen (secondary N) is 1. The third-order valence-corrected chi connectivity index (χ3v) is 3.71. The van der Waals surface area contributed by atoms with Crippen molar-refractivity contribution in [1.29, 1.82) is 5.26 Å². The van der Waals surface area contributed by atoms with E-state index in [2.05, 4.69) is 27.3 Å². The summed E-state index contributed by atoms with van der Waals surface area (Å²) in [6, 6.07) is 7.67. The van der Waals surface area contributed by atoms with Crippen molar-refractivity contribution >= 4 is 21.6 Å². The molecule has 1 aliphatic carbocycles.